The average molecular weight is 501 g/mol. The minimum absolute atomic E-state index is 0.0322. The van der Waals surface area contributed by atoms with Gasteiger partial charge in [0.05, 0.1) is 0 Å². The van der Waals surface area contributed by atoms with E-state index in [0.29, 0.717) is 56.2 Å². The number of rotatable bonds is 9. The van der Waals surface area contributed by atoms with E-state index in [2.05, 4.69) is 16.0 Å². The topological polar surface area (TPSA) is 82.7 Å². The van der Waals surface area contributed by atoms with Crippen molar-refractivity contribution in [3.8, 4) is 0 Å². The summed E-state index contributed by atoms with van der Waals surface area (Å²) in [6, 6.07) is 12.7. The Bertz CT molecular complexity index is 1010. The summed E-state index contributed by atoms with van der Waals surface area (Å²) in [7, 11) is 1.62. The molecule has 188 valence electrons. The Hall–Kier alpha value is -3.04. The van der Waals surface area contributed by atoms with Gasteiger partial charge in [0, 0.05) is 44.6 Å². The van der Waals surface area contributed by atoms with Crippen molar-refractivity contribution in [2.75, 3.05) is 38.7 Å². The highest BCUT2D eigenvalue weighted by molar-refractivity contribution is 7.80. The van der Waals surface area contributed by atoms with Crippen molar-refractivity contribution in [1.29, 1.82) is 0 Å². The number of aryl methyl sites for hydroxylation is 1. The summed E-state index contributed by atoms with van der Waals surface area (Å²) in [6.45, 7) is 4.20. The molecule has 1 aliphatic rings. The van der Waals surface area contributed by atoms with Crippen LogP contribution in [0, 0.1) is 18.7 Å². The summed E-state index contributed by atoms with van der Waals surface area (Å²) >= 11 is 5.54. The zero-order chi connectivity index (χ0) is 25.2. The van der Waals surface area contributed by atoms with Gasteiger partial charge in [-0.2, -0.15) is 0 Å². The Morgan fingerprint density at radius 2 is 1.83 bits per heavy atom. The van der Waals surface area contributed by atoms with Crippen molar-refractivity contribution in [1.82, 2.24) is 15.5 Å². The molecule has 1 atom stereocenters. The molecule has 3 rings (SSSR count). The van der Waals surface area contributed by atoms with Crippen LogP contribution in [0.4, 0.5) is 10.1 Å². The molecule has 0 aliphatic carbocycles. The van der Waals surface area contributed by atoms with Crippen molar-refractivity contribution in [2.24, 2.45) is 5.92 Å². The van der Waals surface area contributed by atoms with Crippen molar-refractivity contribution < 1.29 is 18.7 Å². The van der Waals surface area contributed by atoms with E-state index >= 15 is 0 Å². The molecule has 0 bridgehead atoms. The molecule has 35 heavy (non-hydrogen) atoms. The van der Waals surface area contributed by atoms with Gasteiger partial charge < -0.3 is 25.6 Å². The number of carbonyl (C=O) groups excluding carboxylic acids is 2. The first-order valence-corrected chi connectivity index (χ1v) is 12.2. The minimum Gasteiger partial charge on any atom is -0.385 e. The van der Waals surface area contributed by atoms with Crippen LogP contribution in [0.2, 0.25) is 0 Å². The fourth-order valence-electron chi connectivity index (χ4n) is 4.15. The van der Waals surface area contributed by atoms with Crippen molar-refractivity contribution in [2.45, 2.75) is 32.2 Å². The number of methoxy groups -OCH3 is 1. The van der Waals surface area contributed by atoms with E-state index in [1.807, 2.05) is 30.0 Å². The first kappa shape index (κ1) is 26.6. The lowest BCUT2D eigenvalue weighted by atomic mass is 9.88. The molecular weight excluding hydrogens is 467 g/mol. The van der Waals surface area contributed by atoms with Gasteiger partial charge in [-0.15, -0.1) is 0 Å². The normalized spacial score (nSPS) is 14.8. The highest BCUT2D eigenvalue weighted by atomic mass is 32.1. The van der Waals surface area contributed by atoms with Crippen LogP contribution < -0.4 is 16.0 Å². The van der Waals surface area contributed by atoms with Gasteiger partial charge in [-0.1, -0.05) is 18.2 Å². The number of benzene rings is 2. The summed E-state index contributed by atoms with van der Waals surface area (Å²) in [6.07, 6.45) is 2.08. The van der Waals surface area contributed by atoms with Gasteiger partial charge in [-0.05, 0) is 80.2 Å². The Morgan fingerprint density at radius 1 is 1.14 bits per heavy atom. The van der Waals surface area contributed by atoms with Crippen LogP contribution in [0.3, 0.4) is 0 Å². The van der Waals surface area contributed by atoms with Gasteiger partial charge in [-0.25, -0.2) is 4.39 Å². The number of thiocarbonyl (C=S) groups is 1. The molecule has 3 N–H and O–H groups in total. The van der Waals surface area contributed by atoms with Gasteiger partial charge in [0.1, 0.15) is 11.9 Å². The van der Waals surface area contributed by atoms with Crippen LogP contribution in [-0.4, -0.2) is 61.2 Å². The van der Waals surface area contributed by atoms with Gasteiger partial charge in [0.25, 0.3) is 5.91 Å². The lowest BCUT2D eigenvalue weighted by Gasteiger charge is -2.37. The molecule has 1 aliphatic heterocycles. The second-order valence-corrected chi connectivity index (χ2v) is 9.05. The quantitative estimate of drug-likeness (QED) is 0.361. The van der Waals surface area contributed by atoms with E-state index in [1.54, 1.807) is 25.3 Å². The zero-order valence-electron chi connectivity index (χ0n) is 20.2. The number of hydrogen-bond donors (Lipinski definition) is 3. The molecule has 1 fully saturated rings. The molecule has 1 heterocycles. The molecule has 2 aromatic rings. The molecule has 1 unspecified atom stereocenters. The highest BCUT2D eigenvalue weighted by Crippen LogP contribution is 2.23. The summed E-state index contributed by atoms with van der Waals surface area (Å²) in [5.74, 6) is -0.776. The maximum Gasteiger partial charge on any atom is 0.252 e. The number of hydrogen-bond acceptors (Lipinski definition) is 4. The first-order valence-electron chi connectivity index (χ1n) is 11.8. The highest BCUT2D eigenvalue weighted by Gasteiger charge is 2.33. The molecule has 2 aromatic carbocycles. The van der Waals surface area contributed by atoms with E-state index < -0.39 is 6.04 Å². The summed E-state index contributed by atoms with van der Waals surface area (Å²) in [5, 5.41) is 9.62. The average Bonchev–Trinajstić information content (AvgIpc) is 2.86. The number of ether oxygens (including phenoxy) is 1. The number of piperidine rings is 1. The molecule has 0 aromatic heterocycles. The van der Waals surface area contributed by atoms with Crippen LogP contribution in [0.15, 0.2) is 48.5 Å². The van der Waals surface area contributed by atoms with E-state index in [0.717, 1.165) is 11.3 Å². The Kier molecular flexibility index (Phi) is 9.98. The van der Waals surface area contributed by atoms with E-state index in [1.165, 1.54) is 12.1 Å². The first-order chi connectivity index (χ1) is 16.9. The molecular formula is C26H33FN4O3S. The molecule has 0 radical (unpaired) electrons. The number of anilines is 1. The SMILES string of the molecule is COCCCNC(=O)C(NC(=O)c1ccccc1C)C1CCN(C(=S)Nc2ccc(F)cc2)CC1. The lowest BCUT2D eigenvalue weighted by molar-refractivity contribution is -0.124. The van der Waals surface area contributed by atoms with Gasteiger partial charge >= 0.3 is 0 Å². The van der Waals surface area contributed by atoms with E-state index in [9.17, 15) is 14.0 Å². The van der Waals surface area contributed by atoms with Crippen LogP contribution in [0.25, 0.3) is 0 Å². The minimum atomic E-state index is -0.648. The van der Waals surface area contributed by atoms with E-state index in [4.69, 9.17) is 17.0 Å². The lowest BCUT2D eigenvalue weighted by Crippen LogP contribution is -2.54. The summed E-state index contributed by atoms with van der Waals surface area (Å²) < 4.78 is 18.2. The van der Waals surface area contributed by atoms with Crippen LogP contribution in [-0.2, 0) is 9.53 Å². The number of nitrogens with one attached hydrogen (secondary N) is 3. The maximum atomic E-state index is 13.2. The fourth-order valence-corrected chi connectivity index (χ4v) is 4.45. The monoisotopic (exact) mass is 500 g/mol. The fraction of sp³-hybridized carbons (Fsp3) is 0.423. The predicted molar refractivity (Wildman–Crippen MR) is 139 cm³/mol. The van der Waals surface area contributed by atoms with E-state index in [-0.39, 0.29) is 23.5 Å². The Balaban J connectivity index is 1.63. The number of halogens is 1. The Labute approximate surface area is 211 Å². The van der Waals surface area contributed by atoms with Crippen molar-refractivity contribution >= 4 is 34.8 Å². The molecule has 9 heteroatoms. The van der Waals surface area contributed by atoms with Gasteiger partial charge in [0.2, 0.25) is 5.91 Å². The number of carbonyl (C=O) groups is 2. The predicted octanol–water partition coefficient (Wildman–Crippen LogP) is 3.49. The molecule has 7 nitrogen and oxygen atoms in total. The zero-order valence-corrected chi connectivity index (χ0v) is 21.0. The van der Waals surface area contributed by atoms with Crippen LogP contribution in [0.5, 0.6) is 0 Å². The maximum absolute atomic E-state index is 13.2. The number of nitrogens with zero attached hydrogens (tertiary/aromatic N) is 1. The van der Waals surface area contributed by atoms with Gasteiger partial charge in [0.15, 0.2) is 5.11 Å². The third-order valence-electron chi connectivity index (χ3n) is 6.18. The van der Waals surface area contributed by atoms with Crippen LogP contribution >= 0.6 is 12.2 Å². The largest absolute Gasteiger partial charge is 0.385 e. The molecule has 1 saturated heterocycles. The number of amides is 2. The van der Waals surface area contributed by atoms with Gasteiger partial charge in [-0.3, -0.25) is 9.59 Å². The standard InChI is InChI=1S/C26H33FN4O3S/c1-18-6-3-4-7-22(18)24(32)30-23(25(33)28-14-5-17-34-2)19-12-15-31(16-13-19)26(35)29-21-10-8-20(27)9-11-21/h3-4,6-11,19,23H,5,12-17H2,1-2H3,(H,28,33)(H,29,35)(H,30,32). The molecule has 0 spiro atoms. The third-order valence-corrected chi connectivity index (χ3v) is 6.54. The molecule has 2 amide bonds. The van der Waals surface area contributed by atoms with Crippen molar-refractivity contribution in [3.63, 3.8) is 0 Å². The van der Waals surface area contributed by atoms with Crippen molar-refractivity contribution in [3.05, 3.63) is 65.5 Å². The molecule has 0 saturated carbocycles. The second kappa shape index (κ2) is 13.2. The number of likely N-dealkylation sites (tertiary alicyclic amines) is 1. The smallest absolute Gasteiger partial charge is 0.252 e. The Morgan fingerprint density at radius 3 is 2.49 bits per heavy atom. The van der Waals surface area contributed by atoms with Crippen LogP contribution in [0.1, 0.15) is 35.2 Å². The summed E-state index contributed by atoms with van der Waals surface area (Å²) in [5.41, 5.74) is 2.14. The summed E-state index contributed by atoms with van der Waals surface area (Å²) in [4.78, 5) is 28.1. The second-order valence-electron chi connectivity index (χ2n) is 8.66. The third kappa shape index (κ3) is 7.73.